The number of methoxy groups -OCH3 is 1. The highest BCUT2D eigenvalue weighted by Crippen LogP contribution is 2.20. The number of hydrogen-bond acceptors (Lipinski definition) is 4. The molecule has 0 aliphatic rings. The lowest BCUT2D eigenvalue weighted by atomic mass is 10.1. The Morgan fingerprint density at radius 3 is 2.37 bits per heavy atom. The molecule has 0 radical (unpaired) electrons. The molecule has 1 amide bonds. The summed E-state index contributed by atoms with van der Waals surface area (Å²) in [6, 6.07) is 11.7. The minimum Gasteiger partial charge on any atom is -0.497 e. The van der Waals surface area contributed by atoms with Gasteiger partial charge in [0.05, 0.1) is 18.4 Å². The van der Waals surface area contributed by atoms with Gasteiger partial charge in [-0.15, -0.1) is 0 Å². The van der Waals surface area contributed by atoms with Crippen LogP contribution in [0.2, 0.25) is 0 Å². The second-order valence-corrected chi connectivity index (χ2v) is 7.23. The third-order valence-corrected chi connectivity index (χ3v) is 4.79. The molecule has 0 bridgehead atoms. The van der Waals surface area contributed by atoms with Crippen molar-refractivity contribution in [2.24, 2.45) is 0 Å². The number of benzene rings is 2. The second-order valence-electron chi connectivity index (χ2n) is 5.55. The number of nitrogens with one attached hydrogen (secondary N) is 2. The molecule has 0 spiro atoms. The van der Waals surface area contributed by atoms with Crippen molar-refractivity contribution in [3.05, 3.63) is 54.1 Å². The predicted octanol–water partition coefficient (Wildman–Crippen LogP) is 2.72. The number of rotatable bonds is 7. The molecule has 27 heavy (non-hydrogen) atoms. The zero-order valence-electron chi connectivity index (χ0n) is 14.2. The maximum Gasteiger partial charge on any atom is 0.405 e. The van der Waals surface area contributed by atoms with E-state index in [0.717, 1.165) is 0 Å². The summed E-state index contributed by atoms with van der Waals surface area (Å²) in [6.45, 7) is -1.40. The zero-order chi connectivity index (χ0) is 20.1. The highest BCUT2D eigenvalue weighted by molar-refractivity contribution is 7.92. The monoisotopic (exact) mass is 402 g/mol. The van der Waals surface area contributed by atoms with Crippen LogP contribution in [-0.2, 0) is 21.2 Å². The van der Waals surface area contributed by atoms with Crippen LogP contribution in [-0.4, -0.2) is 34.2 Å². The Hall–Kier alpha value is -2.75. The SMILES string of the molecule is COc1cccc(S(=O)(=O)Nc2ccc(CC(=O)NCC(F)(F)F)cc2)c1. The van der Waals surface area contributed by atoms with Gasteiger partial charge in [-0.2, -0.15) is 13.2 Å². The average Bonchev–Trinajstić information content (AvgIpc) is 2.61. The summed E-state index contributed by atoms with van der Waals surface area (Å²) in [6.07, 6.45) is -4.73. The first-order chi connectivity index (χ1) is 12.6. The van der Waals surface area contributed by atoms with E-state index in [0.29, 0.717) is 11.3 Å². The van der Waals surface area contributed by atoms with Crippen LogP contribution >= 0.6 is 0 Å². The van der Waals surface area contributed by atoms with Crippen LogP contribution in [0.15, 0.2) is 53.4 Å². The largest absolute Gasteiger partial charge is 0.497 e. The van der Waals surface area contributed by atoms with Gasteiger partial charge in [0.1, 0.15) is 12.3 Å². The Balaban J connectivity index is 2.01. The Labute approximate surface area is 154 Å². The van der Waals surface area contributed by atoms with Crippen molar-refractivity contribution in [2.75, 3.05) is 18.4 Å². The van der Waals surface area contributed by atoms with E-state index in [1.54, 1.807) is 11.4 Å². The van der Waals surface area contributed by atoms with Crippen molar-refractivity contribution in [3.63, 3.8) is 0 Å². The van der Waals surface area contributed by atoms with Crippen molar-refractivity contribution in [3.8, 4) is 5.75 Å². The van der Waals surface area contributed by atoms with Crippen LogP contribution in [0.5, 0.6) is 5.75 Å². The molecule has 0 saturated carbocycles. The molecule has 0 atom stereocenters. The van der Waals surface area contributed by atoms with Gasteiger partial charge in [0.25, 0.3) is 10.0 Å². The summed E-state index contributed by atoms with van der Waals surface area (Å²) < 4.78 is 68.3. The van der Waals surface area contributed by atoms with Gasteiger partial charge < -0.3 is 10.1 Å². The molecule has 2 aromatic carbocycles. The quantitative estimate of drug-likeness (QED) is 0.746. The minimum atomic E-state index is -4.47. The Kier molecular flexibility index (Phi) is 6.32. The van der Waals surface area contributed by atoms with E-state index in [9.17, 15) is 26.4 Å². The molecule has 2 N–H and O–H groups in total. The number of sulfonamides is 1. The number of anilines is 1. The first-order valence-corrected chi connectivity index (χ1v) is 9.17. The molecule has 0 fully saturated rings. The molecule has 6 nitrogen and oxygen atoms in total. The molecular weight excluding hydrogens is 385 g/mol. The fourth-order valence-electron chi connectivity index (χ4n) is 2.12. The molecular formula is C17H17F3N2O4S. The molecule has 10 heteroatoms. The predicted molar refractivity (Wildman–Crippen MR) is 93.0 cm³/mol. The maximum atomic E-state index is 12.4. The van der Waals surface area contributed by atoms with Crippen LogP contribution in [0.1, 0.15) is 5.56 Å². The van der Waals surface area contributed by atoms with Crippen LogP contribution < -0.4 is 14.8 Å². The zero-order valence-corrected chi connectivity index (χ0v) is 15.0. The van der Waals surface area contributed by atoms with E-state index < -0.39 is 28.7 Å². The highest BCUT2D eigenvalue weighted by atomic mass is 32.2. The highest BCUT2D eigenvalue weighted by Gasteiger charge is 2.27. The Morgan fingerprint density at radius 1 is 1.11 bits per heavy atom. The van der Waals surface area contributed by atoms with E-state index in [4.69, 9.17) is 4.74 Å². The van der Waals surface area contributed by atoms with Gasteiger partial charge in [-0.25, -0.2) is 8.42 Å². The van der Waals surface area contributed by atoms with Gasteiger partial charge in [-0.3, -0.25) is 9.52 Å². The van der Waals surface area contributed by atoms with Crippen LogP contribution in [0, 0.1) is 0 Å². The fraction of sp³-hybridized carbons (Fsp3) is 0.235. The van der Waals surface area contributed by atoms with Crippen molar-refractivity contribution >= 4 is 21.6 Å². The Bertz CT molecular complexity index is 897. The number of hydrogen-bond donors (Lipinski definition) is 2. The van der Waals surface area contributed by atoms with Crippen LogP contribution in [0.25, 0.3) is 0 Å². The summed E-state index contributed by atoms with van der Waals surface area (Å²) in [5.41, 5.74) is 0.691. The smallest absolute Gasteiger partial charge is 0.405 e. The summed E-state index contributed by atoms with van der Waals surface area (Å²) in [7, 11) is -2.42. The van der Waals surface area contributed by atoms with Crippen LogP contribution in [0.4, 0.5) is 18.9 Å². The third kappa shape index (κ3) is 6.48. The first kappa shape index (κ1) is 20.6. The molecule has 2 rings (SSSR count). The van der Waals surface area contributed by atoms with E-state index in [2.05, 4.69) is 4.72 Å². The lowest BCUT2D eigenvalue weighted by Crippen LogP contribution is -2.34. The normalized spacial score (nSPS) is 11.7. The number of alkyl halides is 3. The molecule has 0 aromatic heterocycles. The van der Waals surface area contributed by atoms with Gasteiger partial charge in [0.15, 0.2) is 0 Å². The van der Waals surface area contributed by atoms with Crippen molar-refractivity contribution in [2.45, 2.75) is 17.5 Å². The van der Waals surface area contributed by atoms with Gasteiger partial charge in [-0.05, 0) is 29.8 Å². The third-order valence-electron chi connectivity index (χ3n) is 3.41. The van der Waals surface area contributed by atoms with Crippen LogP contribution in [0.3, 0.4) is 0 Å². The molecule has 0 aliphatic heterocycles. The molecule has 0 saturated heterocycles. The number of halogens is 3. The fourth-order valence-corrected chi connectivity index (χ4v) is 3.21. The van der Waals surface area contributed by atoms with Crippen molar-refractivity contribution in [1.82, 2.24) is 5.32 Å². The number of amides is 1. The molecule has 0 unspecified atom stereocenters. The van der Waals surface area contributed by atoms with Crippen molar-refractivity contribution < 1.29 is 31.1 Å². The standard InChI is InChI=1S/C17H17F3N2O4S/c1-26-14-3-2-4-15(10-14)27(24,25)22-13-7-5-12(6-8-13)9-16(23)21-11-17(18,19)20/h2-8,10,22H,9,11H2,1H3,(H,21,23). The lowest BCUT2D eigenvalue weighted by Gasteiger charge is -2.10. The van der Waals surface area contributed by atoms with Gasteiger partial charge in [0, 0.05) is 11.8 Å². The Morgan fingerprint density at radius 2 is 1.78 bits per heavy atom. The molecule has 2 aromatic rings. The van der Waals surface area contributed by atoms with E-state index in [-0.39, 0.29) is 17.0 Å². The number of carbonyl (C=O) groups excluding carboxylic acids is 1. The number of ether oxygens (including phenoxy) is 1. The second kappa shape index (κ2) is 8.30. The summed E-state index contributed by atoms with van der Waals surface area (Å²) in [5, 5.41) is 1.77. The summed E-state index contributed by atoms with van der Waals surface area (Å²) >= 11 is 0. The minimum absolute atomic E-state index is 0.0115. The maximum absolute atomic E-state index is 12.4. The first-order valence-electron chi connectivity index (χ1n) is 7.68. The lowest BCUT2D eigenvalue weighted by molar-refractivity contribution is -0.138. The van der Waals surface area contributed by atoms with E-state index in [1.165, 1.54) is 49.6 Å². The van der Waals surface area contributed by atoms with E-state index in [1.807, 2.05) is 0 Å². The average molecular weight is 402 g/mol. The van der Waals surface area contributed by atoms with Gasteiger partial charge in [-0.1, -0.05) is 18.2 Å². The molecule has 146 valence electrons. The van der Waals surface area contributed by atoms with Gasteiger partial charge in [0.2, 0.25) is 5.91 Å². The summed E-state index contributed by atoms with van der Waals surface area (Å²) in [4.78, 5) is 11.5. The van der Waals surface area contributed by atoms with E-state index >= 15 is 0 Å². The van der Waals surface area contributed by atoms with Gasteiger partial charge >= 0.3 is 6.18 Å². The molecule has 0 aliphatic carbocycles. The summed E-state index contributed by atoms with van der Waals surface area (Å²) in [5.74, 6) is -0.393. The van der Waals surface area contributed by atoms with Crippen molar-refractivity contribution in [1.29, 1.82) is 0 Å². The topological polar surface area (TPSA) is 84.5 Å². The number of carbonyl (C=O) groups is 1. The molecule has 0 heterocycles.